The second kappa shape index (κ2) is 11.4. The van der Waals surface area contributed by atoms with Crippen LogP contribution < -0.4 is 20.1 Å². The van der Waals surface area contributed by atoms with E-state index in [9.17, 15) is 9.59 Å². The molecule has 0 bridgehead atoms. The van der Waals surface area contributed by atoms with E-state index in [1.807, 2.05) is 38.1 Å². The van der Waals surface area contributed by atoms with Crippen molar-refractivity contribution in [1.29, 1.82) is 0 Å². The zero-order chi connectivity index (χ0) is 20.2. The third-order valence-corrected chi connectivity index (χ3v) is 3.74. The maximum absolute atomic E-state index is 11.9. The Morgan fingerprint density at radius 2 is 1.57 bits per heavy atom. The summed E-state index contributed by atoms with van der Waals surface area (Å²) in [5.41, 5.74) is 1.42. The van der Waals surface area contributed by atoms with Crippen molar-refractivity contribution in [2.24, 2.45) is 0 Å². The summed E-state index contributed by atoms with van der Waals surface area (Å²) in [7, 11) is 0. The van der Waals surface area contributed by atoms with Crippen LogP contribution >= 0.6 is 0 Å². The molecule has 0 spiro atoms. The van der Waals surface area contributed by atoms with Crippen molar-refractivity contribution < 1.29 is 19.1 Å². The first-order chi connectivity index (χ1) is 13.6. The second-order valence-corrected chi connectivity index (χ2v) is 5.82. The van der Waals surface area contributed by atoms with E-state index in [1.54, 1.807) is 30.3 Å². The third kappa shape index (κ3) is 6.79. The summed E-state index contributed by atoms with van der Waals surface area (Å²) in [4.78, 5) is 23.8. The molecule has 148 valence electrons. The van der Waals surface area contributed by atoms with Crippen LogP contribution in [0.25, 0.3) is 6.08 Å². The molecule has 0 heterocycles. The zero-order valence-electron chi connectivity index (χ0n) is 16.2. The van der Waals surface area contributed by atoms with Crippen molar-refractivity contribution in [3.8, 4) is 11.5 Å². The number of hydrogen-bond acceptors (Lipinski definition) is 4. The number of carbonyl (C=O) groups is 2. The average molecular weight is 382 g/mol. The average Bonchev–Trinajstić information content (AvgIpc) is 2.72. The van der Waals surface area contributed by atoms with Gasteiger partial charge in [0.25, 0.3) is 5.91 Å². The number of amides is 2. The molecule has 0 saturated carbocycles. The summed E-state index contributed by atoms with van der Waals surface area (Å²) >= 11 is 0. The van der Waals surface area contributed by atoms with E-state index in [0.29, 0.717) is 43.4 Å². The van der Waals surface area contributed by atoms with Gasteiger partial charge in [0.15, 0.2) is 11.5 Å². The molecule has 0 aliphatic rings. The van der Waals surface area contributed by atoms with Crippen molar-refractivity contribution in [2.75, 3.05) is 26.3 Å². The number of benzene rings is 2. The highest BCUT2D eigenvalue weighted by molar-refractivity contribution is 5.94. The normalized spacial score (nSPS) is 10.5. The molecular formula is C22H26N2O4. The molecule has 0 fully saturated rings. The Balaban J connectivity index is 1.80. The summed E-state index contributed by atoms with van der Waals surface area (Å²) in [6.07, 6.45) is 3.15. The standard InChI is InChI=1S/C22H26N2O4/c1-3-27-19-12-10-17(16-20(19)28-4-2)11-13-21(25)23-14-15-24-22(26)18-8-6-5-7-9-18/h5-13,16H,3-4,14-15H2,1-2H3,(H,23,25)(H,24,26)/b13-11+. The van der Waals surface area contributed by atoms with E-state index in [0.717, 1.165) is 5.56 Å². The van der Waals surface area contributed by atoms with Gasteiger partial charge in [-0.2, -0.15) is 0 Å². The number of carbonyl (C=O) groups excluding carboxylic acids is 2. The van der Waals surface area contributed by atoms with Gasteiger partial charge in [0.05, 0.1) is 13.2 Å². The minimum atomic E-state index is -0.235. The molecule has 0 radical (unpaired) electrons. The molecule has 28 heavy (non-hydrogen) atoms. The minimum Gasteiger partial charge on any atom is -0.490 e. The molecule has 0 saturated heterocycles. The lowest BCUT2D eigenvalue weighted by atomic mass is 10.2. The Labute approximate surface area is 165 Å². The molecule has 2 aromatic rings. The molecule has 2 N–H and O–H groups in total. The van der Waals surface area contributed by atoms with Crippen molar-refractivity contribution >= 4 is 17.9 Å². The Morgan fingerprint density at radius 3 is 2.29 bits per heavy atom. The lowest BCUT2D eigenvalue weighted by Crippen LogP contribution is -2.33. The van der Waals surface area contributed by atoms with E-state index >= 15 is 0 Å². The van der Waals surface area contributed by atoms with Crippen LogP contribution in [-0.4, -0.2) is 38.1 Å². The van der Waals surface area contributed by atoms with Crippen LogP contribution in [0.5, 0.6) is 11.5 Å². The van der Waals surface area contributed by atoms with E-state index < -0.39 is 0 Å². The fourth-order valence-corrected chi connectivity index (χ4v) is 2.46. The van der Waals surface area contributed by atoms with Crippen molar-refractivity contribution in [3.63, 3.8) is 0 Å². The van der Waals surface area contributed by atoms with Gasteiger partial charge in [-0.15, -0.1) is 0 Å². The van der Waals surface area contributed by atoms with Gasteiger partial charge in [0.2, 0.25) is 5.91 Å². The molecule has 0 atom stereocenters. The van der Waals surface area contributed by atoms with Crippen LogP contribution in [-0.2, 0) is 4.79 Å². The number of ether oxygens (including phenoxy) is 2. The van der Waals surface area contributed by atoms with Crippen molar-refractivity contribution in [3.05, 3.63) is 65.7 Å². The summed E-state index contributed by atoms with van der Waals surface area (Å²) in [5.74, 6) is 0.930. The smallest absolute Gasteiger partial charge is 0.251 e. The predicted octanol–water partition coefficient (Wildman–Crippen LogP) is 3.04. The van der Waals surface area contributed by atoms with Gasteiger partial charge in [-0.3, -0.25) is 9.59 Å². The first kappa shape index (κ1) is 21.0. The van der Waals surface area contributed by atoms with E-state index in [4.69, 9.17) is 9.47 Å². The van der Waals surface area contributed by atoms with Crippen LogP contribution in [0.3, 0.4) is 0 Å². The summed E-state index contributed by atoms with van der Waals surface area (Å²) in [6.45, 7) is 5.60. The molecular weight excluding hydrogens is 356 g/mol. The Bertz CT molecular complexity index is 803. The van der Waals surface area contributed by atoms with Crippen LogP contribution in [0, 0.1) is 0 Å². The van der Waals surface area contributed by atoms with Gasteiger partial charge in [-0.1, -0.05) is 24.3 Å². The molecule has 6 heteroatoms. The summed E-state index contributed by atoms with van der Waals surface area (Å²) in [5, 5.41) is 5.49. The van der Waals surface area contributed by atoms with Crippen LogP contribution in [0.1, 0.15) is 29.8 Å². The largest absolute Gasteiger partial charge is 0.490 e. The van der Waals surface area contributed by atoms with Crippen LogP contribution in [0.4, 0.5) is 0 Å². The maximum Gasteiger partial charge on any atom is 0.251 e. The SMILES string of the molecule is CCOc1ccc(/C=C/C(=O)NCCNC(=O)c2ccccc2)cc1OCC. The Morgan fingerprint density at radius 1 is 0.893 bits per heavy atom. The molecule has 0 aliphatic carbocycles. The second-order valence-electron chi connectivity index (χ2n) is 5.82. The van der Waals surface area contributed by atoms with Gasteiger partial charge >= 0.3 is 0 Å². The topological polar surface area (TPSA) is 76.7 Å². The highest BCUT2D eigenvalue weighted by Crippen LogP contribution is 2.28. The number of hydrogen-bond donors (Lipinski definition) is 2. The Hall–Kier alpha value is -3.28. The summed E-state index contributed by atoms with van der Waals surface area (Å²) in [6, 6.07) is 14.5. The zero-order valence-corrected chi connectivity index (χ0v) is 16.2. The lowest BCUT2D eigenvalue weighted by molar-refractivity contribution is -0.116. The molecule has 2 rings (SSSR count). The van der Waals surface area contributed by atoms with Gasteiger partial charge in [-0.25, -0.2) is 0 Å². The van der Waals surface area contributed by atoms with Crippen molar-refractivity contribution in [1.82, 2.24) is 10.6 Å². The molecule has 2 amide bonds. The fourth-order valence-electron chi connectivity index (χ4n) is 2.46. The molecule has 6 nitrogen and oxygen atoms in total. The molecule has 0 aliphatic heterocycles. The highest BCUT2D eigenvalue weighted by Gasteiger charge is 2.06. The number of rotatable bonds is 10. The molecule has 2 aromatic carbocycles. The monoisotopic (exact) mass is 382 g/mol. The first-order valence-electron chi connectivity index (χ1n) is 9.32. The summed E-state index contributed by atoms with van der Waals surface area (Å²) < 4.78 is 11.1. The third-order valence-electron chi connectivity index (χ3n) is 3.74. The fraction of sp³-hybridized carbons (Fsp3) is 0.273. The maximum atomic E-state index is 11.9. The van der Waals surface area contributed by atoms with Crippen LogP contribution in [0.2, 0.25) is 0 Å². The van der Waals surface area contributed by atoms with E-state index in [1.165, 1.54) is 6.08 Å². The Kier molecular flexibility index (Phi) is 8.59. The molecule has 0 aromatic heterocycles. The van der Waals surface area contributed by atoms with E-state index in [-0.39, 0.29) is 11.8 Å². The van der Waals surface area contributed by atoms with Gasteiger partial charge in [0.1, 0.15) is 0 Å². The van der Waals surface area contributed by atoms with Crippen LogP contribution in [0.15, 0.2) is 54.6 Å². The van der Waals surface area contributed by atoms with Crippen molar-refractivity contribution in [2.45, 2.75) is 13.8 Å². The lowest BCUT2D eigenvalue weighted by Gasteiger charge is -2.11. The minimum absolute atomic E-state index is 0.164. The van der Waals surface area contributed by atoms with Gasteiger partial charge in [-0.05, 0) is 49.8 Å². The van der Waals surface area contributed by atoms with Gasteiger partial charge in [0, 0.05) is 24.7 Å². The number of nitrogens with one attached hydrogen (secondary N) is 2. The van der Waals surface area contributed by atoms with Gasteiger partial charge < -0.3 is 20.1 Å². The first-order valence-corrected chi connectivity index (χ1v) is 9.32. The predicted molar refractivity (Wildman–Crippen MR) is 110 cm³/mol. The highest BCUT2D eigenvalue weighted by atomic mass is 16.5. The quantitative estimate of drug-likeness (QED) is 0.489. The molecule has 0 unspecified atom stereocenters. The van der Waals surface area contributed by atoms with E-state index in [2.05, 4.69) is 10.6 Å².